The number of carbonyl (C=O) groups is 1. The van der Waals surface area contributed by atoms with Crippen LogP contribution < -0.4 is 10.5 Å². The molecule has 0 aliphatic heterocycles. The minimum Gasteiger partial charge on any atom is -0.380 e. The molecule has 0 radical (unpaired) electrons. The number of carbonyl (C=O) groups excluding carboxylic acids is 1. The van der Waals surface area contributed by atoms with Gasteiger partial charge in [0.1, 0.15) is 10.6 Å². The molecule has 3 N–H and O–H groups in total. The molecule has 0 spiro atoms. The number of aromatic nitrogens is 1. The lowest BCUT2D eigenvalue weighted by Gasteiger charge is -2.12. The van der Waals surface area contributed by atoms with E-state index in [9.17, 15) is 13.2 Å². The van der Waals surface area contributed by atoms with E-state index in [1.54, 1.807) is 4.57 Å². The molecule has 0 saturated carbocycles. The van der Waals surface area contributed by atoms with Crippen LogP contribution in [-0.2, 0) is 14.8 Å². The van der Waals surface area contributed by atoms with E-state index in [1.807, 2.05) is 20.8 Å². The monoisotopic (exact) mass is 303 g/mol. The Morgan fingerprint density at radius 3 is 2.65 bits per heavy atom. The van der Waals surface area contributed by atoms with Gasteiger partial charge in [-0.2, -0.15) is 0 Å². The first-order valence-electron chi connectivity index (χ1n) is 6.38. The zero-order valence-electron chi connectivity index (χ0n) is 11.9. The Balaban J connectivity index is 2.92. The number of nitrogens with one attached hydrogen (secondary N) is 1. The van der Waals surface area contributed by atoms with Crippen molar-refractivity contribution in [3.05, 3.63) is 18.0 Å². The van der Waals surface area contributed by atoms with Crippen molar-refractivity contribution in [1.29, 1.82) is 0 Å². The fraction of sp³-hybridized carbons (Fsp3) is 0.583. The van der Waals surface area contributed by atoms with E-state index in [1.165, 1.54) is 12.3 Å². The summed E-state index contributed by atoms with van der Waals surface area (Å²) in [7, 11) is -3.83. The zero-order valence-corrected chi connectivity index (χ0v) is 12.7. The number of hydrogen-bond donors (Lipinski definition) is 2. The molecule has 20 heavy (non-hydrogen) atoms. The molecule has 0 aliphatic carbocycles. The lowest BCUT2D eigenvalue weighted by atomic mass is 10.3. The Bertz CT molecular complexity index is 563. The topological polar surface area (TPSA) is 103 Å². The summed E-state index contributed by atoms with van der Waals surface area (Å²) in [6.45, 7) is 6.92. The van der Waals surface area contributed by atoms with Gasteiger partial charge in [0.25, 0.3) is 5.91 Å². The van der Waals surface area contributed by atoms with Gasteiger partial charge in [0, 0.05) is 25.4 Å². The number of primary sulfonamides is 1. The molecule has 0 unspecified atom stereocenters. The normalized spacial score (nSPS) is 11.8. The molecule has 1 aromatic heterocycles. The Hall–Kier alpha value is -1.38. The van der Waals surface area contributed by atoms with Gasteiger partial charge in [-0.15, -0.1) is 0 Å². The van der Waals surface area contributed by atoms with Crippen molar-refractivity contribution in [2.75, 3.05) is 19.8 Å². The quantitative estimate of drug-likeness (QED) is 0.715. The summed E-state index contributed by atoms with van der Waals surface area (Å²) in [4.78, 5) is 12.0. The summed E-state index contributed by atoms with van der Waals surface area (Å²) in [5, 5.41) is 7.76. The van der Waals surface area contributed by atoms with Crippen molar-refractivity contribution in [1.82, 2.24) is 9.88 Å². The van der Waals surface area contributed by atoms with Crippen LogP contribution in [0.2, 0.25) is 0 Å². The molecule has 0 aromatic carbocycles. The maximum Gasteiger partial charge on any atom is 0.268 e. The Labute approximate surface area is 119 Å². The van der Waals surface area contributed by atoms with Crippen LogP contribution in [-0.4, -0.2) is 38.7 Å². The fourth-order valence-electron chi connectivity index (χ4n) is 1.69. The van der Waals surface area contributed by atoms with Crippen LogP contribution >= 0.6 is 0 Å². The molecule has 1 amide bonds. The first-order valence-corrected chi connectivity index (χ1v) is 7.92. The second kappa shape index (κ2) is 6.87. The lowest BCUT2D eigenvalue weighted by Crippen LogP contribution is -2.29. The molecule has 7 nitrogen and oxygen atoms in total. The van der Waals surface area contributed by atoms with Crippen molar-refractivity contribution >= 4 is 15.9 Å². The third-order valence-corrected chi connectivity index (χ3v) is 3.56. The summed E-state index contributed by atoms with van der Waals surface area (Å²) in [5.74, 6) is -0.353. The standard InChI is InChI=1S/C12H21N3O4S/c1-4-19-6-5-14-12(16)11-7-10(20(13,17)18)8-15(11)9(2)3/h7-9H,4-6H2,1-3H3,(H,14,16)(H2,13,17,18). The van der Waals surface area contributed by atoms with Gasteiger partial charge >= 0.3 is 0 Å². The molecule has 1 heterocycles. The van der Waals surface area contributed by atoms with Gasteiger partial charge in [0.05, 0.1) is 6.61 Å². The maximum atomic E-state index is 12.1. The minimum absolute atomic E-state index is 0.0573. The van der Waals surface area contributed by atoms with E-state index in [2.05, 4.69) is 5.32 Å². The van der Waals surface area contributed by atoms with E-state index in [0.717, 1.165) is 0 Å². The number of rotatable bonds is 7. The summed E-state index contributed by atoms with van der Waals surface area (Å²) >= 11 is 0. The molecule has 0 aliphatic rings. The fourth-order valence-corrected chi connectivity index (χ4v) is 2.23. The first kappa shape index (κ1) is 16.7. The van der Waals surface area contributed by atoms with E-state index in [-0.39, 0.29) is 22.5 Å². The third-order valence-electron chi connectivity index (χ3n) is 2.68. The SMILES string of the molecule is CCOCCNC(=O)c1cc(S(N)(=O)=O)cn1C(C)C. The second-order valence-corrected chi connectivity index (χ2v) is 6.12. The van der Waals surface area contributed by atoms with Crippen LogP contribution in [0.15, 0.2) is 17.2 Å². The van der Waals surface area contributed by atoms with E-state index in [0.29, 0.717) is 19.8 Å². The van der Waals surface area contributed by atoms with Crippen molar-refractivity contribution in [3.8, 4) is 0 Å². The maximum absolute atomic E-state index is 12.1. The van der Waals surface area contributed by atoms with Crippen LogP contribution in [0.25, 0.3) is 0 Å². The van der Waals surface area contributed by atoms with Crippen LogP contribution in [0, 0.1) is 0 Å². The minimum atomic E-state index is -3.83. The van der Waals surface area contributed by atoms with Gasteiger partial charge < -0.3 is 14.6 Å². The largest absolute Gasteiger partial charge is 0.380 e. The number of ether oxygens (including phenoxy) is 1. The molecule has 0 saturated heterocycles. The predicted octanol–water partition coefficient (Wildman–Crippen LogP) is 0.483. The Morgan fingerprint density at radius 2 is 2.15 bits per heavy atom. The lowest BCUT2D eigenvalue weighted by molar-refractivity contribution is 0.0912. The van der Waals surface area contributed by atoms with Crippen molar-refractivity contribution < 1.29 is 17.9 Å². The zero-order chi connectivity index (χ0) is 15.3. The molecule has 0 atom stereocenters. The van der Waals surface area contributed by atoms with Gasteiger partial charge in [-0.1, -0.05) is 0 Å². The summed E-state index contributed by atoms with van der Waals surface area (Å²) in [6.07, 6.45) is 1.37. The van der Waals surface area contributed by atoms with Gasteiger partial charge in [-0.25, -0.2) is 13.6 Å². The molecular formula is C12H21N3O4S. The average Bonchev–Trinajstić information content (AvgIpc) is 2.79. The molecule has 8 heteroatoms. The van der Waals surface area contributed by atoms with Crippen LogP contribution in [0.5, 0.6) is 0 Å². The van der Waals surface area contributed by atoms with Crippen molar-refractivity contribution in [2.45, 2.75) is 31.7 Å². The molecule has 0 fully saturated rings. The molecule has 1 rings (SSSR count). The summed E-state index contributed by atoms with van der Waals surface area (Å²) < 4.78 is 29.4. The van der Waals surface area contributed by atoms with E-state index in [4.69, 9.17) is 9.88 Å². The van der Waals surface area contributed by atoms with Gasteiger partial charge in [0.2, 0.25) is 10.0 Å². The first-order chi connectivity index (χ1) is 9.27. The van der Waals surface area contributed by atoms with Gasteiger partial charge in [-0.05, 0) is 26.8 Å². The average molecular weight is 303 g/mol. The van der Waals surface area contributed by atoms with Crippen LogP contribution in [0.1, 0.15) is 37.3 Å². The van der Waals surface area contributed by atoms with E-state index >= 15 is 0 Å². The molecule has 0 bridgehead atoms. The summed E-state index contributed by atoms with van der Waals surface area (Å²) in [5.41, 5.74) is 0.264. The highest BCUT2D eigenvalue weighted by Gasteiger charge is 2.20. The highest BCUT2D eigenvalue weighted by Crippen LogP contribution is 2.17. The van der Waals surface area contributed by atoms with E-state index < -0.39 is 10.0 Å². The smallest absolute Gasteiger partial charge is 0.268 e. The molecule has 1 aromatic rings. The van der Waals surface area contributed by atoms with Gasteiger partial charge in [-0.3, -0.25) is 4.79 Å². The number of sulfonamides is 1. The highest BCUT2D eigenvalue weighted by molar-refractivity contribution is 7.89. The van der Waals surface area contributed by atoms with Crippen molar-refractivity contribution in [3.63, 3.8) is 0 Å². The molecule has 114 valence electrons. The van der Waals surface area contributed by atoms with Crippen LogP contribution in [0.3, 0.4) is 0 Å². The van der Waals surface area contributed by atoms with Crippen molar-refractivity contribution in [2.24, 2.45) is 5.14 Å². The Morgan fingerprint density at radius 1 is 1.50 bits per heavy atom. The number of hydrogen-bond acceptors (Lipinski definition) is 4. The second-order valence-electron chi connectivity index (χ2n) is 4.56. The molecular weight excluding hydrogens is 282 g/mol. The van der Waals surface area contributed by atoms with Crippen LogP contribution in [0.4, 0.5) is 0 Å². The van der Waals surface area contributed by atoms with Gasteiger partial charge in [0.15, 0.2) is 0 Å². The Kier molecular flexibility index (Phi) is 5.73. The third kappa shape index (κ3) is 4.32. The summed E-state index contributed by atoms with van der Waals surface area (Å²) in [6, 6.07) is 1.23. The number of amides is 1. The number of nitrogens with two attached hydrogens (primary N) is 1. The highest BCUT2D eigenvalue weighted by atomic mass is 32.2. The number of nitrogens with zero attached hydrogens (tertiary/aromatic N) is 1. The predicted molar refractivity (Wildman–Crippen MR) is 75.0 cm³/mol.